The number of aliphatic hydroxyl groups excluding tert-OH is 1. The number of carbonyl (C=O) groups is 1. The number of alkyl carbamates (subject to hydrolysis) is 1. The zero-order chi connectivity index (χ0) is 21.5. The molecule has 8 heteroatoms. The minimum atomic E-state index is -0.580. The molecule has 1 unspecified atom stereocenters. The molecule has 0 heterocycles. The minimum absolute atomic E-state index is 0.177. The van der Waals surface area contributed by atoms with Crippen LogP contribution in [0.3, 0.4) is 0 Å². The fourth-order valence-electron chi connectivity index (χ4n) is 2.32. The molecule has 1 aromatic carbocycles. The highest BCUT2D eigenvalue weighted by molar-refractivity contribution is 5.68. The summed E-state index contributed by atoms with van der Waals surface area (Å²) in [6, 6.07) is 7.09. The highest BCUT2D eigenvalue weighted by Gasteiger charge is 2.19. The number of benzene rings is 1. The summed E-state index contributed by atoms with van der Waals surface area (Å²) < 4.78 is 26.5. The normalized spacial score (nSPS) is 12.4. The molecule has 1 atom stereocenters. The van der Waals surface area contributed by atoms with Gasteiger partial charge < -0.3 is 34.1 Å². The molecular formula is C21H35NO7. The molecule has 0 aliphatic rings. The van der Waals surface area contributed by atoms with E-state index < -0.39 is 17.7 Å². The summed E-state index contributed by atoms with van der Waals surface area (Å²) in [7, 11) is 1.63. The van der Waals surface area contributed by atoms with Crippen molar-refractivity contribution in [3.05, 3.63) is 29.8 Å². The average molecular weight is 414 g/mol. The number of amides is 1. The average Bonchev–Trinajstić information content (AvgIpc) is 2.66. The van der Waals surface area contributed by atoms with Gasteiger partial charge in [-0.3, -0.25) is 0 Å². The van der Waals surface area contributed by atoms with Crippen LogP contribution in [-0.2, 0) is 25.4 Å². The van der Waals surface area contributed by atoms with Gasteiger partial charge in [-0.1, -0.05) is 12.1 Å². The second kappa shape index (κ2) is 14.2. The van der Waals surface area contributed by atoms with E-state index in [9.17, 15) is 9.90 Å². The molecule has 0 aliphatic carbocycles. The van der Waals surface area contributed by atoms with Crippen molar-refractivity contribution in [2.45, 2.75) is 38.8 Å². The van der Waals surface area contributed by atoms with E-state index in [0.717, 1.165) is 11.3 Å². The molecule has 1 rings (SSSR count). The Morgan fingerprint density at radius 2 is 1.59 bits per heavy atom. The largest absolute Gasteiger partial charge is 0.491 e. The summed E-state index contributed by atoms with van der Waals surface area (Å²) in [6.07, 6.45) is -0.0528. The van der Waals surface area contributed by atoms with Crippen LogP contribution < -0.4 is 10.1 Å². The number of ether oxygens (including phenoxy) is 5. The van der Waals surface area contributed by atoms with Crippen molar-refractivity contribution in [1.82, 2.24) is 5.32 Å². The van der Waals surface area contributed by atoms with Crippen LogP contribution in [0.15, 0.2) is 24.3 Å². The molecule has 1 amide bonds. The van der Waals surface area contributed by atoms with E-state index in [2.05, 4.69) is 5.32 Å². The van der Waals surface area contributed by atoms with Gasteiger partial charge in [0.1, 0.15) is 18.0 Å². The number of hydrogen-bond donors (Lipinski definition) is 2. The summed E-state index contributed by atoms with van der Waals surface area (Å²) in [4.78, 5) is 11.8. The Hall–Kier alpha value is -1.87. The highest BCUT2D eigenvalue weighted by Crippen LogP contribution is 2.14. The van der Waals surface area contributed by atoms with Gasteiger partial charge in [-0.05, 0) is 44.9 Å². The number of nitrogens with one attached hydrogen (secondary N) is 1. The van der Waals surface area contributed by atoms with E-state index in [4.69, 9.17) is 23.7 Å². The second-order valence-corrected chi connectivity index (χ2v) is 7.44. The fraction of sp³-hybridized carbons (Fsp3) is 0.667. The number of rotatable bonds is 14. The third-order valence-electron chi connectivity index (χ3n) is 3.65. The fourth-order valence-corrected chi connectivity index (χ4v) is 2.32. The van der Waals surface area contributed by atoms with Crippen molar-refractivity contribution >= 4 is 6.09 Å². The van der Waals surface area contributed by atoms with Gasteiger partial charge in [-0.15, -0.1) is 0 Å². The summed E-state index contributed by atoms with van der Waals surface area (Å²) >= 11 is 0. The predicted molar refractivity (Wildman–Crippen MR) is 109 cm³/mol. The minimum Gasteiger partial charge on any atom is -0.491 e. The van der Waals surface area contributed by atoms with Crippen molar-refractivity contribution in [2.24, 2.45) is 0 Å². The molecule has 0 fully saturated rings. The van der Waals surface area contributed by atoms with Gasteiger partial charge in [0.2, 0.25) is 0 Å². The van der Waals surface area contributed by atoms with E-state index in [0.29, 0.717) is 46.1 Å². The number of carbonyl (C=O) groups excluding carboxylic acids is 1. The molecule has 2 N–H and O–H groups in total. The first-order valence-electron chi connectivity index (χ1n) is 9.80. The molecule has 0 aromatic heterocycles. The first kappa shape index (κ1) is 25.2. The molecule has 0 saturated heterocycles. The molecule has 1 aromatic rings. The SMILES string of the molecule is COCCOCCOCCOc1ccc(CC(CO)NC(=O)OC(C)(C)C)cc1. The van der Waals surface area contributed by atoms with Crippen LogP contribution in [0.2, 0.25) is 0 Å². The lowest BCUT2D eigenvalue weighted by Gasteiger charge is -2.22. The van der Waals surface area contributed by atoms with Gasteiger partial charge in [0, 0.05) is 7.11 Å². The van der Waals surface area contributed by atoms with Crippen LogP contribution in [0.25, 0.3) is 0 Å². The number of hydrogen-bond acceptors (Lipinski definition) is 7. The van der Waals surface area contributed by atoms with Gasteiger partial charge in [0.25, 0.3) is 0 Å². The topological polar surface area (TPSA) is 95.5 Å². The van der Waals surface area contributed by atoms with Gasteiger partial charge in [0.15, 0.2) is 0 Å². The third-order valence-corrected chi connectivity index (χ3v) is 3.65. The Kier molecular flexibility index (Phi) is 12.3. The van der Waals surface area contributed by atoms with E-state index in [-0.39, 0.29) is 6.61 Å². The van der Waals surface area contributed by atoms with Crippen molar-refractivity contribution in [1.29, 1.82) is 0 Å². The monoisotopic (exact) mass is 413 g/mol. The van der Waals surface area contributed by atoms with E-state index in [1.807, 2.05) is 24.3 Å². The van der Waals surface area contributed by atoms with Crippen molar-refractivity contribution in [2.75, 3.05) is 53.4 Å². The molecule has 0 radical (unpaired) electrons. The van der Waals surface area contributed by atoms with E-state index in [1.165, 1.54) is 0 Å². The molecule has 0 aliphatic heterocycles. The van der Waals surface area contributed by atoms with Gasteiger partial charge in [-0.2, -0.15) is 0 Å². The van der Waals surface area contributed by atoms with E-state index >= 15 is 0 Å². The maximum absolute atomic E-state index is 11.8. The van der Waals surface area contributed by atoms with Crippen LogP contribution in [0.4, 0.5) is 4.79 Å². The van der Waals surface area contributed by atoms with Gasteiger partial charge in [0.05, 0.1) is 45.7 Å². The molecule has 8 nitrogen and oxygen atoms in total. The Balaban J connectivity index is 2.26. The number of aliphatic hydroxyl groups is 1. The Bertz CT molecular complexity index is 557. The quantitative estimate of drug-likeness (QED) is 0.451. The smallest absolute Gasteiger partial charge is 0.407 e. The standard InChI is InChI=1S/C21H35NO7/c1-21(2,3)29-20(24)22-18(16-23)15-17-5-7-19(8-6-17)28-14-13-27-12-11-26-10-9-25-4/h5-8,18,23H,9-16H2,1-4H3,(H,22,24). The Labute approximate surface area is 173 Å². The maximum Gasteiger partial charge on any atom is 0.407 e. The second-order valence-electron chi connectivity index (χ2n) is 7.44. The first-order valence-corrected chi connectivity index (χ1v) is 9.80. The Morgan fingerprint density at radius 3 is 2.14 bits per heavy atom. The predicted octanol–water partition coefficient (Wildman–Crippen LogP) is 2.17. The van der Waals surface area contributed by atoms with Gasteiger partial charge in [-0.25, -0.2) is 4.79 Å². The van der Waals surface area contributed by atoms with E-state index in [1.54, 1.807) is 27.9 Å². The molecule has 0 saturated carbocycles. The lowest BCUT2D eigenvalue weighted by atomic mass is 10.1. The summed E-state index contributed by atoms with van der Waals surface area (Å²) in [5, 5.41) is 12.2. The summed E-state index contributed by atoms with van der Waals surface area (Å²) in [5.74, 6) is 0.731. The zero-order valence-electron chi connectivity index (χ0n) is 17.9. The van der Waals surface area contributed by atoms with Crippen LogP contribution >= 0.6 is 0 Å². The van der Waals surface area contributed by atoms with Gasteiger partial charge >= 0.3 is 6.09 Å². The first-order chi connectivity index (χ1) is 13.8. The summed E-state index contributed by atoms with van der Waals surface area (Å²) in [5.41, 5.74) is 0.390. The van der Waals surface area contributed by atoms with Crippen LogP contribution in [0.5, 0.6) is 5.75 Å². The Morgan fingerprint density at radius 1 is 1.00 bits per heavy atom. The van der Waals surface area contributed by atoms with Crippen LogP contribution in [0, 0.1) is 0 Å². The number of methoxy groups -OCH3 is 1. The lowest BCUT2D eigenvalue weighted by molar-refractivity contribution is 0.0180. The lowest BCUT2D eigenvalue weighted by Crippen LogP contribution is -2.42. The molecule has 29 heavy (non-hydrogen) atoms. The molecule has 0 spiro atoms. The van der Waals surface area contributed by atoms with Crippen molar-refractivity contribution < 1.29 is 33.6 Å². The van der Waals surface area contributed by atoms with Crippen LogP contribution in [0.1, 0.15) is 26.3 Å². The van der Waals surface area contributed by atoms with Crippen molar-refractivity contribution in [3.8, 4) is 5.75 Å². The van der Waals surface area contributed by atoms with Crippen molar-refractivity contribution in [3.63, 3.8) is 0 Å². The highest BCUT2D eigenvalue weighted by atomic mass is 16.6. The van der Waals surface area contributed by atoms with Crippen LogP contribution in [-0.4, -0.2) is 76.2 Å². The summed E-state index contributed by atoms with van der Waals surface area (Å²) in [6.45, 7) is 8.30. The third kappa shape index (κ3) is 13.1. The molecule has 0 bridgehead atoms. The zero-order valence-corrected chi connectivity index (χ0v) is 17.9. The molecule has 166 valence electrons. The molecular weight excluding hydrogens is 378 g/mol. The maximum atomic E-state index is 11.8.